The average Bonchev–Trinajstić information content (AvgIpc) is 2.78. The third-order valence-corrected chi connectivity index (χ3v) is 3.25. The van der Waals surface area contributed by atoms with E-state index in [0.717, 1.165) is 12.8 Å². The zero-order valence-electron chi connectivity index (χ0n) is 11.3. The number of nitriles is 2. The zero-order chi connectivity index (χ0) is 14.5. The molecule has 0 bridgehead atoms. The van der Waals surface area contributed by atoms with Crippen LogP contribution < -0.4 is 4.74 Å². The molecule has 0 saturated carbocycles. The molecule has 4 heteroatoms. The first-order valence-corrected chi connectivity index (χ1v) is 6.55. The smallest absolute Gasteiger partial charge is 0.168 e. The summed E-state index contributed by atoms with van der Waals surface area (Å²) in [6.07, 6.45) is 2.12. The van der Waals surface area contributed by atoms with Gasteiger partial charge in [-0.15, -0.1) is 0 Å². The quantitative estimate of drug-likeness (QED) is 0.619. The number of rotatable bonds is 4. The van der Waals surface area contributed by atoms with Gasteiger partial charge in [0.05, 0.1) is 6.61 Å². The second kappa shape index (κ2) is 6.04. The highest BCUT2D eigenvalue weighted by Crippen LogP contribution is 2.36. The molecule has 1 aromatic rings. The maximum atomic E-state index is 12.0. The Bertz CT molecular complexity index is 644. The first kappa shape index (κ1) is 13.8. The van der Waals surface area contributed by atoms with Gasteiger partial charge in [-0.2, -0.15) is 10.5 Å². The molecule has 1 aliphatic rings. The van der Waals surface area contributed by atoms with E-state index >= 15 is 0 Å². The molecule has 0 N–H and O–H groups in total. The summed E-state index contributed by atoms with van der Waals surface area (Å²) < 4.78 is 5.57. The summed E-state index contributed by atoms with van der Waals surface area (Å²) in [7, 11) is 0. The zero-order valence-corrected chi connectivity index (χ0v) is 11.3. The van der Waals surface area contributed by atoms with Gasteiger partial charge < -0.3 is 4.74 Å². The van der Waals surface area contributed by atoms with E-state index in [4.69, 9.17) is 15.3 Å². The minimum Gasteiger partial charge on any atom is -0.494 e. The lowest BCUT2D eigenvalue weighted by atomic mass is 10.0. The maximum absolute atomic E-state index is 12.0. The Balaban J connectivity index is 2.35. The molecule has 0 unspecified atom stereocenters. The van der Waals surface area contributed by atoms with Crippen molar-refractivity contribution in [3.63, 3.8) is 0 Å². The standard InChI is InChI=1S/C16H14N2O2/c1-2-3-6-20-12-4-5-13-14(11(9-17)10-18)8-16(19)15(13)7-12/h4-5,7H,2-3,6,8H2,1H3. The highest BCUT2D eigenvalue weighted by Gasteiger charge is 2.27. The molecule has 20 heavy (non-hydrogen) atoms. The largest absolute Gasteiger partial charge is 0.494 e. The number of allylic oxidation sites excluding steroid dienone is 2. The third-order valence-electron chi connectivity index (χ3n) is 3.25. The van der Waals surface area contributed by atoms with E-state index in [1.807, 2.05) is 12.1 Å². The number of hydrogen-bond acceptors (Lipinski definition) is 4. The van der Waals surface area contributed by atoms with Crippen molar-refractivity contribution in [3.8, 4) is 17.9 Å². The highest BCUT2D eigenvalue weighted by atomic mass is 16.5. The topological polar surface area (TPSA) is 73.9 Å². The Kier molecular flexibility index (Phi) is 4.17. The molecule has 0 atom stereocenters. The fourth-order valence-electron chi connectivity index (χ4n) is 2.18. The van der Waals surface area contributed by atoms with E-state index in [1.165, 1.54) is 0 Å². The van der Waals surface area contributed by atoms with E-state index in [-0.39, 0.29) is 17.8 Å². The Morgan fingerprint density at radius 2 is 2.05 bits per heavy atom. The Hall–Kier alpha value is -2.59. The number of ketones is 1. The van der Waals surface area contributed by atoms with Crippen LogP contribution in [0.5, 0.6) is 5.75 Å². The van der Waals surface area contributed by atoms with Gasteiger partial charge in [-0.25, -0.2) is 0 Å². The van der Waals surface area contributed by atoms with Crippen LogP contribution in [-0.2, 0) is 0 Å². The molecule has 0 heterocycles. The van der Waals surface area contributed by atoms with Gasteiger partial charge in [-0.05, 0) is 29.7 Å². The number of ether oxygens (including phenoxy) is 1. The molecule has 0 aliphatic heterocycles. The molecule has 100 valence electrons. The van der Waals surface area contributed by atoms with Crippen LogP contribution in [0.15, 0.2) is 23.8 Å². The molecule has 0 fully saturated rings. The first-order chi connectivity index (χ1) is 9.71. The Labute approximate surface area is 117 Å². The van der Waals surface area contributed by atoms with Crippen LogP contribution in [0.3, 0.4) is 0 Å². The molecule has 1 aromatic carbocycles. The summed E-state index contributed by atoms with van der Waals surface area (Å²) in [4.78, 5) is 12.0. The van der Waals surface area contributed by atoms with Gasteiger partial charge in [-0.1, -0.05) is 19.4 Å². The van der Waals surface area contributed by atoms with Crippen molar-refractivity contribution in [1.82, 2.24) is 0 Å². The fourth-order valence-corrected chi connectivity index (χ4v) is 2.18. The van der Waals surface area contributed by atoms with Crippen LogP contribution in [0.1, 0.15) is 42.1 Å². The summed E-state index contributed by atoms with van der Waals surface area (Å²) >= 11 is 0. The van der Waals surface area contributed by atoms with Crippen molar-refractivity contribution in [2.75, 3.05) is 6.61 Å². The Morgan fingerprint density at radius 1 is 1.30 bits per heavy atom. The second-order valence-corrected chi connectivity index (χ2v) is 4.59. The SMILES string of the molecule is CCCCOc1ccc2c(c1)C(=O)CC2=C(C#N)C#N. The number of fused-ring (bicyclic) bond motifs is 1. The van der Waals surface area contributed by atoms with Crippen molar-refractivity contribution in [1.29, 1.82) is 10.5 Å². The third kappa shape index (κ3) is 2.55. The summed E-state index contributed by atoms with van der Waals surface area (Å²) in [6.45, 7) is 2.70. The van der Waals surface area contributed by atoms with Crippen molar-refractivity contribution in [2.45, 2.75) is 26.2 Å². The number of nitrogens with zero attached hydrogens (tertiary/aromatic N) is 2. The molecule has 1 aliphatic carbocycles. The minimum atomic E-state index is -0.0704. The van der Waals surface area contributed by atoms with Crippen molar-refractivity contribution in [2.24, 2.45) is 0 Å². The molecular weight excluding hydrogens is 252 g/mol. The summed E-state index contributed by atoms with van der Waals surface area (Å²) in [5.74, 6) is 0.584. The average molecular weight is 266 g/mol. The van der Waals surface area contributed by atoms with E-state index in [0.29, 0.717) is 29.1 Å². The second-order valence-electron chi connectivity index (χ2n) is 4.59. The van der Waals surface area contributed by atoms with Gasteiger partial charge in [0.15, 0.2) is 5.78 Å². The number of hydrogen-bond donors (Lipinski definition) is 0. The van der Waals surface area contributed by atoms with Gasteiger partial charge in [-0.3, -0.25) is 4.79 Å². The number of Topliss-reactive ketones (excluding diaryl/α,β-unsaturated/α-hetero) is 1. The van der Waals surface area contributed by atoms with Crippen LogP contribution in [0.25, 0.3) is 5.57 Å². The maximum Gasteiger partial charge on any atom is 0.168 e. The van der Waals surface area contributed by atoms with E-state index < -0.39 is 0 Å². The van der Waals surface area contributed by atoms with Crippen molar-refractivity contribution < 1.29 is 9.53 Å². The molecule has 0 amide bonds. The summed E-state index contributed by atoms with van der Waals surface area (Å²) in [6, 6.07) is 8.93. The van der Waals surface area contributed by atoms with Gasteiger partial charge >= 0.3 is 0 Å². The lowest BCUT2D eigenvalue weighted by Gasteiger charge is -2.07. The molecule has 0 saturated heterocycles. The molecule has 0 spiro atoms. The predicted molar refractivity (Wildman–Crippen MR) is 73.9 cm³/mol. The number of carbonyl (C=O) groups is 1. The lowest BCUT2D eigenvalue weighted by Crippen LogP contribution is -1.98. The van der Waals surface area contributed by atoms with Crippen molar-refractivity contribution >= 4 is 11.4 Å². The van der Waals surface area contributed by atoms with Crippen molar-refractivity contribution in [3.05, 3.63) is 34.9 Å². The van der Waals surface area contributed by atoms with Gasteiger partial charge in [0.25, 0.3) is 0 Å². The van der Waals surface area contributed by atoms with Crippen LogP contribution in [-0.4, -0.2) is 12.4 Å². The van der Waals surface area contributed by atoms with Crippen LogP contribution in [0.2, 0.25) is 0 Å². The molecule has 0 radical (unpaired) electrons. The van der Waals surface area contributed by atoms with Gasteiger partial charge in [0.2, 0.25) is 0 Å². The van der Waals surface area contributed by atoms with E-state index in [1.54, 1.807) is 18.2 Å². The number of benzene rings is 1. The highest BCUT2D eigenvalue weighted by molar-refractivity contribution is 6.13. The molecule has 2 rings (SSSR count). The molecular formula is C16H14N2O2. The monoisotopic (exact) mass is 266 g/mol. The van der Waals surface area contributed by atoms with Crippen LogP contribution in [0.4, 0.5) is 0 Å². The van der Waals surface area contributed by atoms with Gasteiger partial charge in [0, 0.05) is 12.0 Å². The fraction of sp³-hybridized carbons (Fsp3) is 0.312. The molecule has 4 nitrogen and oxygen atoms in total. The Morgan fingerprint density at radius 3 is 2.70 bits per heavy atom. The normalized spacial score (nSPS) is 12.6. The van der Waals surface area contributed by atoms with Gasteiger partial charge in [0.1, 0.15) is 23.5 Å². The van der Waals surface area contributed by atoms with E-state index in [9.17, 15) is 4.79 Å². The first-order valence-electron chi connectivity index (χ1n) is 6.55. The van der Waals surface area contributed by atoms with Crippen LogP contribution >= 0.6 is 0 Å². The van der Waals surface area contributed by atoms with E-state index in [2.05, 4.69) is 6.92 Å². The lowest BCUT2D eigenvalue weighted by molar-refractivity contribution is 0.100. The minimum absolute atomic E-state index is 0.0109. The number of carbonyl (C=O) groups excluding carboxylic acids is 1. The molecule has 0 aromatic heterocycles. The van der Waals surface area contributed by atoms with Crippen LogP contribution in [0, 0.1) is 22.7 Å². The number of unbranched alkanes of at least 4 members (excludes halogenated alkanes) is 1. The summed E-state index contributed by atoms with van der Waals surface area (Å²) in [5.41, 5.74) is 1.75. The summed E-state index contributed by atoms with van der Waals surface area (Å²) in [5, 5.41) is 17.9. The predicted octanol–water partition coefficient (Wildman–Crippen LogP) is 3.25.